The van der Waals surface area contributed by atoms with Crippen LogP contribution in [0.1, 0.15) is 82.0 Å². The predicted molar refractivity (Wildman–Crippen MR) is 66.6 cm³/mol. The smallest absolute Gasteiger partial charge is 0.243 e. The fraction of sp³-hybridized carbons (Fsp3) is 0.846. The molecule has 17 heavy (non-hydrogen) atoms. The molecule has 4 nitrogen and oxygen atoms in total. The Balaban J connectivity index is 2.01. The summed E-state index contributed by atoms with van der Waals surface area (Å²) in [4.78, 5) is 4.47. The van der Waals surface area contributed by atoms with Gasteiger partial charge in [-0.2, -0.15) is 4.98 Å². The van der Waals surface area contributed by atoms with E-state index in [0.717, 1.165) is 12.2 Å². The van der Waals surface area contributed by atoms with Crippen LogP contribution in [0.15, 0.2) is 4.52 Å². The average molecular weight is 237 g/mol. The number of aromatic nitrogens is 2. The minimum Gasteiger partial charge on any atom is -0.338 e. The van der Waals surface area contributed by atoms with Gasteiger partial charge < -0.3 is 10.3 Å². The van der Waals surface area contributed by atoms with E-state index >= 15 is 0 Å². The van der Waals surface area contributed by atoms with E-state index in [1.54, 1.807) is 0 Å². The van der Waals surface area contributed by atoms with Gasteiger partial charge in [-0.25, -0.2) is 0 Å². The van der Waals surface area contributed by atoms with Crippen molar-refractivity contribution in [2.24, 2.45) is 5.73 Å². The molecule has 0 aliphatic heterocycles. The van der Waals surface area contributed by atoms with Crippen molar-refractivity contribution < 1.29 is 4.52 Å². The normalized spacial score (nSPS) is 20.8. The Morgan fingerprint density at radius 1 is 1.24 bits per heavy atom. The Bertz CT molecular complexity index is 329. The highest BCUT2D eigenvalue weighted by atomic mass is 16.5. The van der Waals surface area contributed by atoms with Crippen LogP contribution in [-0.2, 0) is 0 Å². The fourth-order valence-electron chi connectivity index (χ4n) is 2.45. The maximum atomic E-state index is 5.90. The summed E-state index contributed by atoms with van der Waals surface area (Å²) in [6.07, 6.45) is 9.87. The quantitative estimate of drug-likeness (QED) is 0.876. The van der Waals surface area contributed by atoms with Crippen molar-refractivity contribution in [2.75, 3.05) is 0 Å². The molecule has 1 saturated carbocycles. The van der Waals surface area contributed by atoms with Crippen LogP contribution in [0.25, 0.3) is 0 Å². The van der Waals surface area contributed by atoms with Crippen molar-refractivity contribution in [3.63, 3.8) is 0 Å². The molecule has 4 heteroatoms. The largest absolute Gasteiger partial charge is 0.338 e. The van der Waals surface area contributed by atoms with E-state index in [1.807, 2.05) is 6.92 Å². The Labute approximate surface area is 103 Å². The molecule has 0 saturated heterocycles. The molecule has 1 aliphatic carbocycles. The lowest BCUT2D eigenvalue weighted by Crippen LogP contribution is -2.10. The van der Waals surface area contributed by atoms with Crippen molar-refractivity contribution in [1.29, 1.82) is 0 Å². The molecule has 0 bridgehead atoms. The molecule has 1 fully saturated rings. The van der Waals surface area contributed by atoms with Crippen LogP contribution >= 0.6 is 0 Å². The van der Waals surface area contributed by atoms with Crippen LogP contribution in [0.4, 0.5) is 0 Å². The van der Waals surface area contributed by atoms with Crippen LogP contribution in [0.2, 0.25) is 0 Å². The Morgan fingerprint density at radius 2 is 1.88 bits per heavy atom. The van der Waals surface area contributed by atoms with Gasteiger partial charge in [-0.05, 0) is 19.3 Å². The number of hydrogen-bond donors (Lipinski definition) is 1. The summed E-state index contributed by atoms with van der Waals surface area (Å²) in [5.41, 5.74) is 5.90. The van der Waals surface area contributed by atoms with E-state index in [9.17, 15) is 0 Å². The lowest BCUT2D eigenvalue weighted by atomic mass is 9.91. The molecule has 0 aromatic carbocycles. The van der Waals surface area contributed by atoms with Crippen molar-refractivity contribution in [1.82, 2.24) is 10.1 Å². The number of nitrogens with two attached hydrogens (primary N) is 1. The van der Waals surface area contributed by atoms with Gasteiger partial charge in [-0.1, -0.05) is 44.2 Å². The minimum atomic E-state index is -0.107. The standard InChI is InChI=1S/C13H23N3O/c1-2-11(14)13-15-12(16-17-13)10-8-6-4-3-5-7-9-10/h10-11H,2-9,14H2,1H3/t11-/m1/s1. The predicted octanol–water partition coefficient (Wildman–Crippen LogP) is 3.31. The fourth-order valence-corrected chi connectivity index (χ4v) is 2.45. The van der Waals surface area contributed by atoms with Crippen molar-refractivity contribution in [2.45, 2.75) is 70.3 Å². The SMILES string of the molecule is CC[C@@H](N)c1nc(C2CCCCCCC2)no1. The van der Waals surface area contributed by atoms with Gasteiger partial charge in [-0.15, -0.1) is 0 Å². The first-order valence-corrected chi connectivity index (χ1v) is 6.90. The highest BCUT2D eigenvalue weighted by molar-refractivity contribution is 4.98. The highest BCUT2D eigenvalue weighted by Gasteiger charge is 2.20. The van der Waals surface area contributed by atoms with Crippen LogP contribution in [0, 0.1) is 0 Å². The van der Waals surface area contributed by atoms with Crippen molar-refractivity contribution in [3.8, 4) is 0 Å². The summed E-state index contributed by atoms with van der Waals surface area (Å²) in [5, 5.41) is 4.12. The zero-order chi connectivity index (χ0) is 12.1. The van der Waals surface area contributed by atoms with E-state index < -0.39 is 0 Å². The maximum absolute atomic E-state index is 5.90. The van der Waals surface area contributed by atoms with Gasteiger partial charge in [0.1, 0.15) is 0 Å². The summed E-state index contributed by atoms with van der Waals surface area (Å²) in [6.45, 7) is 2.03. The van der Waals surface area contributed by atoms with E-state index in [2.05, 4.69) is 10.1 Å². The van der Waals surface area contributed by atoms with Gasteiger partial charge in [0.25, 0.3) is 0 Å². The van der Waals surface area contributed by atoms with Crippen molar-refractivity contribution in [3.05, 3.63) is 11.7 Å². The molecule has 96 valence electrons. The van der Waals surface area contributed by atoms with Crippen LogP contribution in [0.5, 0.6) is 0 Å². The first-order valence-electron chi connectivity index (χ1n) is 6.90. The first kappa shape index (κ1) is 12.6. The molecule has 0 spiro atoms. The zero-order valence-corrected chi connectivity index (χ0v) is 10.7. The Kier molecular flexibility index (Phi) is 4.54. The molecule has 2 rings (SSSR count). The molecule has 1 atom stereocenters. The Morgan fingerprint density at radius 3 is 2.53 bits per heavy atom. The summed E-state index contributed by atoms with van der Waals surface area (Å²) >= 11 is 0. The van der Waals surface area contributed by atoms with E-state index in [0.29, 0.717) is 11.8 Å². The van der Waals surface area contributed by atoms with Crippen LogP contribution in [0.3, 0.4) is 0 Å². The molecule has 1 aromatic heterocycles. The molecule has 1 aromatic rings. The van der Waals surface area contributed by atoms with Crippen molar-refractivity contribution >= 4 is 0 Å². The molecule has 1 aliphatic rings. The highest BCUT2D eigenvalue weighted by Crippen LogP contribution is 2.29. The molecular formula is C13H23N3O. The zero-order valence-electron chi connectivity index (χ0n) is 10.7. The summed E-state index contributed by atoms with van der Waals surface area (Å²) in [7, 11) is 0. The third kappa shape index (κ3) is 3.28. The lowest BCUT2D eigenvalue weighted by molar-refractivity contribution is 0.341. The number of hydrogen-bond acceptors (Lipinski definition) is 4. The minimum absolute atomic E-state index is 0.107. The average Bonchev–Trinajstić information content (AvgIpc) is 2.77. The van der Waals surface area contributed by atoms with Gasteiger partial charge in [0, 0.05) is 5.92 Å². The molecule has 0 unspecified atom stereocenters. The van der Waals surface area contributed by atoms with Gasteiger partial charge in [0.05, 0.1) is 6.04 Å². The topological polar surface area (TPSA) is 64.9 Å². The monoisotopic (exact) mass is 237 g/mol. The first-order chi connectivity index (χ1) is 8.31. The third-order valence-corrected chi connectivity index (χ3v) is 3.68. The summed E-state index contributed by atoms with van der Waals surface area (Å²) < 4.78 is 5.26. The second kappa shape index (κ2) is 6.15. The van der Waals surface area contributed by atoms with Crippen LogP contribution in [-0.4, -0.2) is 10.1 Å². The molecule has 0 radical (unpaired) electrons. The summed E-state index contributed by atoms with van der Waals surface area (Å²) in [5.74, 6) is 1.97. The van der Waals surface area contributed by atoms with E-state index in [1.165, 1.54) is 44.9 Å². The molecular weight excluding hydrogens is 214 g/mol. The second-order valence-electron chi connectivity index (χ2n) is 5.05. The Hall–Kier alpha value is -0.900. The second-order valence-corrected chi connectivity index (χ2v) is 5.05. The lowest BCUT2D eigenvalue weighted by Gasteiger charge is -2.15. The van der Waals surface area contributed by atoms with Gasteiger partial charge in [0.2, 0.25) is 5.89 Å². The molecule has 1 heterocycles. The maximum Gasteiger partial charge on any atom is 0.243 e. The van der Waals surface area contributed by atoms with E-state index in [-0.39, 0.29) is 6.04 Å². The number of nitrogens with zero attached hydrogens (tertiary/aromatic N) is 2. The van der Waals surface area contributed by atoms with Gasteiger partial charge >= 0.3 is 0 Å². The van der Waals surface area contributed by atoms with E-state index in [4.69, 9.17) is 10.3 Å². The summed E-state index contributed by atoms with van der Waals surface area (Å²) in [6, 6.07) is -0.107. The van der Waals surface area contributed by atoms with Gasteiger partial charge in [-0.3, -0.25) is 0 Å². The van der Waals surface area contributed by atoms with Crippen LogP contribution < -0.4 is 5.73 Å². The van der Waals surface area contributed by atoms with Gasteiger partial charge in [0.15, 0.2) is 5.82 Å². The molecule has 0 amide bonds. The third-order valence-electron chi connectivity index (χ3n) is 3.68. The molecule has 2 N–H and O–H groups in total. The number of rotatable bonds is 3.